The van der Waals surface area contributed by atoms with E-state index in [1.165, 1.54) is 7.11 Å². The quantitative estimate of drug-likeness (QED) is 0.706. The summed E-state index contributed by atoms with van der Waals surface area (Å²) in [5.74, 6) is -0.566. The molecule has 0 aromatic rings. The van der Waals surface area contributed by atoms with Crippen LogP contribution in [-0.4, -0.2) is 48.4 Å². The van der Waals surface area contributed by atoms with Gasteiger partial charge in [0.15, 0.2) is 0 Å². The van der Waals surface area contributed by atoms with Crippen LogP contribution in [0.4, 0.5) is 0 Å². The van der Waals surface area contributed by atoms with Crippen LogP contribution in [0.2, 0.25) is 0 Å². The second-order valence-corrected chi connectivity index (χ2v) is 4.68. The van der Waals surface area contributed by atoms with Gasteiger partial charge < -0.3 is 15.0 Å². The molecule has 0 aromatic carbocycles. The fourth-order valence-electron chi connectivity index (χ4n) is 1.94. The summed E-state index contributed by atoms with van der Waals surface area (Å²) in [6, 6.07) is -0.000446. The standard InChI is InChI=1S/C12H20N2O4/c1-8(2)14-7-9(6-11(14)16)13-10(15)4-5-12(17)18-3/h8-9H,4-7H2,1-3H3,(H,13,15). The van der Waals surface area contributed by atoms with Crippen LogP contribution >= 0.6 is 0 Å². The van der Waals surface area contributed by atoms with Crippen molar-refractivity contribution in [3.8, 4) is 0 Å². The molecular weight excluding hydrogens is 236 g/mol. The molecule has 1 atom stereocenters. The predicted molar refractivity (Wildman–Crippen MR) is 64.6 cm³/mol. The molecule has 18 heavy (non-hydrogen) atoms. The first-order valence-corrected chi connectivity index (χ1v) is 6.09. The van der Waals surface area contributed by atoms with Crippen molar-refractivity contribution in [1.82, 2.24) is 10.2 Å². The normalized spacial score (nSPS) is 19.2. The molecule has 102 valence electrons. The number of ether oxygens (including phenoxy) is 1. The number of rotatable bonds is 5. The van der Waals surface area contributed by atoms with E-state index in [1.54, 1.807) is 4.90 Å². The average Bonchev–Trinajstić information content (AvgIpc) is 2.67. The van der Waals surface area contributed by atoms with Crippen molar-refractivity contribution in [1.29, 1.82) is 0 Å². The summed E-state index contributed by atoms with van der Waals surface area (Å²) in [6.07, 6.45) is 0.498. The van der Waals surface area contributed by atoms with Crippen LogP contribution in [0.5, 0.6) is 0 Å². The highest BCUT2D eigenvalue weighted by Gasteiger charge is 2.31. The summed E-state index contributed by atoms with van der Waals surface area (Å²) in [7, 11) is 1.29. The lowest BCUT2D eigenvalue weighted by Gasteiger charge is -2.21. The minimum absolute atomic E-state index is 0.0586. The van der Waals surface area contributed by atoms with E-state index in [2.05, 4.69) is 10.1 Å². The molecule has 2 amide bonds. The van der Waals surface area contributed by atoms with Crippen LogP contribution in [0.3, 0.4) is 0 Å². The highest BCUT2D eigenvalue weighted by molar-refractivity contribution is 5.84. The van der Waals surface area contributed by atoms with Crippen LogP contribution in [0.1, 0.15) is 33.1 Å². The molecule has 1 rings (SSSR count). The zero-order valence-electron chi connectivity index (χ0n) is 11.1. The van der Waals surface area contributed by atoms with Crippen LogP contribution < -0.4 is 5.32 Å². The molecule has 0 spiro atoms. The van der Waals surface area contributed by atoms with Gasteiger partial charge in [0.1, 0.15) is 0 Å². The molecule has 0 radical (unpaired) electrons. The zero-order chi connectivity index (χ0) is 13.7. The number of esters is 1. The van der Waals surface area contributed by atoms with Gasteiger partial charge in [-0.2, -0.15) is 0 Å². The van der Waals surface area contributed by atoms with Gasteiger partial charge in [0.05, 0.1) is 19.6 Å². The Morgan fingerprint density at radius 3 is 2.61 bits per heavy atom. The van der Waals surface area contributed by atoms with Crippen molar-refractivity contribution >= 4 is 17.8 Å². The molecule has 0 saturated carbocycles. The molecular formula is C12H20N2O4. The second-order valence-electron chi connectivity index (χ2n) is 4.68. The molecule has 1 N–H and O–H groups in total. The van der Waals surface area contributed by atoms with Gasteiger partial charge in [0, 0.05) is 25.4 Å². The highest BCUT2D eigenvalue weighted by Crippen LogP contribution is 2.14. The van der Waals surface area contributed by atoms with Crippen molar-refractivity contribution in [2.75, 3.05) is 13.7 Å². The summed E-state index contributed by atoms with van der Waals surface area (Å²) in [6.45, 7) is 4.43. The van der Waals surface area contributed by atoms with Crippen molar-refractivity contribution in [3.05, 3.63) is 0 Å². The van der Waals surface area contributed by atoms with E-state index >= 15 is 0 Å². The Morgan fingerprint density at radius 1 is 1.44 bits per heavy atom. The maximum absolute atomic E-state index is 11.6. The summed E-state index contributed by atoms with van der Waals surface area (Å²) in [4.78, 5) is 35.8. The number of carbonyl (C=O) groups excluding carboxylic acids is 3. The highest BCUT2D eigenvalue weighted by atomic mass is 16.5. The molecule has 1 unspecified atom stereocenters. The summed E-state index contributed by atoms with van der Waals surface area (Å²) in [5.41, 5.74) is 0. The third-order valence-corrected chi connectivity index (χ3v) is 2.93. The first kappa shape index (κ1) is 14.5. The maximum Gasteiger partial charge on any atom is 0.306 e. The molecule has 6 heteroatoms. The Morgan fingerprint density at radius 2 is 2.11 bits per heavy atom. The molecule has 1 saturated heterocycles. The first-order chi connectivity index (χ1) is 8.43. The third-order valence-electron chi connectivity index (χ3n) is 2.93. The average molecular weight is 256 g/mol. The van der Waals surface area contributed by atoms with Crippen LogP contribution in [0.25, 0.3) is 0 Å². The Bertz CT molecular complexity index is 341. The number of methoxy groups -OCH3 is 1. The largest absolute Gasteiger partial charge is 0.469 e. The number of likely N-dealkylation sites (tertiary alicyclic amines) is 1. The topological polar surface area (TPSA) is 75.7 Å². The van der Waals surface area contributed by atoms with Gasteiger partial charge >= 0.3 is 5.97 Å². The first-order valence-electron chi connectivity index (χ1n) is 6.09. The maximum atomic E-state index is 11.6. The van der Waals surface area contributed by atoms with Gasteiger partial charge in [-0.15, -0.1) is 0 Å². The molecule has 0 bridgehead atoms. The van der Waals surface area contributed by atoms with Crippen molar-refractivity contribution in [2.45, 2.75) is 45.2 Å². The minimum Gasteiger partial charge on any atom is -0.469 e. The Balaban J connectivity index is 2.34. The van der Waals surface area contributed by atoms with Crippen LogP contribution in [0, 0.1) is 0 Å². The SMILES string of the molecule is COC(=O)CCC(=O)NC1CC(=O)N(C(C)C)C1. The monoisotopic (exact) mass is 256 g/mol. The van der Waals surface area contributed by atoms with Crippen LogP contribution in [0.15, 0.2) is 0 Å². The number of amides is 2. The lowest BCUT2D eigenvalue weighted by molar-refractivity contribution is -0.142. The van der Waals surface area contributed by atoms with Gasteiger partial charge in [-0.3, -0.25) is 14.4 Å². The van der Waals surface area contributed by atoms with Crippen molar-refractivity contribution in [3.63, 3.8) is 0 Å². The fraction of sp³-hybridized carbons (Fsp3) is 0.750. The van der Waals surface area contributed by atoms with Crippen molar-refractivity contribution < 1.29 is 19.1 Å². The van der Waals surface area contributed by atoms with Gasteiger partial charge in [-0.05, 0) is 13.8 Å². The van der Waals surface area contributed by atoms with E-state index < -0.39 is 5.97 Å². The molecule has 1 fully saturated rings. The van der Waals surface area contributed by atoms with E-state index in [-0.39, 0.29) is 36.7 Å². The lowest BCUT2D eigenvalue weighted by atomic mass is 10.2. The minimum atomic E-state index is -0.406. The number of nitrogens with zero attached hydrogens (tertiary/aromatic N) is 1. The molecule has 6 nitrogen and oxygen atoms in total. The number of nitrogens with one attached hydrogen (secondary N) is 1. The molecule has 1 aliphatic heterocycles. The number of hydrogen-bond donors (Lipinski definition) is 1. The van der Waals surface area contributed by atoms with E-state index in [4.69, 9.17) is 0 Å². The Kier molecular flexibility index (Phi) is 5.12. The smallest absolute Gasteiger partial charge is 0.306 e. The van der Waals surface area contributed by atoms with E-state index in [0.717, 1.165) is 0 Å². The lowest BCUT2D eigenvalue weighted by Crippen LogP contribution is -2.38. The number of hydrogen-bond acceptors (Lipinski definition) is 4. The summed E-state index contributed by atoms with van der Waals surface area (Å²) >= 11 is 0. The second kappa shape index (κ2) is 6.37. The van der Waals surface area contributed by atoms with Gasteiger partial charge in [0.25, 0.3) is 0 Å². The van der Waals surface area contributed by atoms with E-state index in [0.29, 0.717) is 13.0 Å². The molecule has 0 aliphatic carbocycles. The predicted octanol–water partition coefficient (Wildman–Crippen LogP) is 0.0651. The van der Waals surface area contributed by atoms with Gasteiger partial charge in [0.2, 0.25) is 11.8 Å². The van der Waals surface area contributed by atoms with Crippen molar-refractivity contribution in [2.24, 2.45) is 0 Å². The van der Waals surface area contributed by atoms with Crippen LogP contribution in [-0.2, 0) is 19.1 Å². The molecule has 1 aliphatic rings. The molecule has 1 heterocycles. The third kappa shape index (κ3) is 4.01. The van der Waals surface area contributed by atoms with E-state index in [9.17, 15) is 14.4 Å². The van der Waals surface area contributed by atoms with E-state index in [1.807, 2.05) is 13.8 Å². The zero-order valence-corrected chi connectivity index (χ0v) is 11.1. The van der Waals surface area contributed by atoms with Gasteiger partial charge in [-0.25, -0.2) is 0 Å². The summed E-state index contributed by atoms with van der Waals surface area (Å²) < 4.78 is 4.45. The number of carbonyl (C=O) groups is 3. The fourth-order valence-corrected chi connectivity index (χ4v) is 1.94. The molecule has 0 aromatic heterocycles. The Labute approximate surface area is 107 Å². The van der Waals surface area contributed by atoms with Gasteiger partial charge in [-0.1, -0.05) is 0 Å². The Hall–Kier alpha value is -1.59. The summed E-state index contributed by atoms with van der Waals surface area (Å²) in [5, 5.41) is 2.76.